The predicted octanol–water partition coefficient (Wildman–Crippen LogP) is 4.53. The quantitative estimate of drug-likeness (QED) is 0.558. The van der Waals surface area contributed by atoms with E-state index in [9.17, 15) is 8.42 Å². The van der Waals surface area contributed by atoms with Gasteiger partial charge in [0.15, 0.2) is 0 Å². The molecule has 0 unspecified atom stereocenters. The van der Waals surface area contributed by atoms with E-state index in [1.54, 1.807) is 41.8 Å². The lowest BCUT2D eigenvalue weighted by molar-refractivity contribution is 0.603. The fraction of sp³-hybridized carbons (Fsp3) is 0.0588. The third kappa shape index (κ3) is 3.15. The van der Waals surface area contributed by atoms with Gasteiger partial charge in [-0.25, -0.2) is 13.4 Å². The number of pyridine rings is 1. The van der Waals surface area contributed by atoms with E-state index in [-0.39, 0.29) is 4.21 Å². The first-order valence-electron chi connectivity index (χ1n) is 7.42. The number of sulfonamides is 1. The molecule has 0 atom stereocenters. The standard InChI is InChI=1S/C17H13N3O2S3/c1-11-19-14(10-23-11)15-7-8-16(24-15)25(21,22)20-13-6-2-4-12-5-3-9-18-17(12)13/h2-10,20H,1H3. The fourth-order valence-corrected chi connectivity index (χ4v) is 5.48. The van der Waals surface area contributed by atoms with Crippen LogP contribution in [-0.4, -0.2) is 18.4 Å². The molecular weight excluding hydrogens is 374 g/mol. The van der Waals surface area contributed by atoms with Crippen LogP contribution in [0.15, 0.2) is 58.3 Å². The Balaban J connectivity index is 1.69. The van der Waals surface area contributed by atoms with Gasteiger partial charge >= 0.3 is 0 Å². The Kier molecular flexibility index (Phi) is 4.03. The van der Waals surface area contributed by atoms with Gasteiger partial charge in [-0.15, -0.1) is 22.7 Å². The molecule has 0 saturated carbocycles. The molecule has 0 fully saturated rings. The van der Waals surface area contributed by atoms with Crippen molar-refractivity contribution >= 4 is 49.3 Å². The largest absolute Gasteiger partial charge is 0.277 e. The number of thiazole rings is 1. The number of hydrogen-bond donors (Lipinski definition) is 1. The molecule has 3 heterocycles. The number of rotatable bonds is 4. The molecule has 5 nitrogen and oxygen atoms in total. The minimum Gasteiger partial charge on any atom is -0.277 e. The number of anilines is 1. The Hall–Kier alpha value is -2.29. The van der Waals surface area contributed by atoms with Crippen molar-refractivity contribution in [3.05, 3.63) is 59.0 Å². The molecule has 1 aromatic carbocycles. The lowest BCUT2D eigenvalue weighted by Crippen LogP contribution is -2.11. The van der Waals surface area contributed by atoms with Gasteiger partial charge in [-0.3, -0.25) is 9.71 Å². The fourth-order valence-electron chi connectivity index (χ4n) is 2.46. The number of nitrogens with zero attached hydrogens (tertiary/aromatic N) is 2. The predicted molar refractivity (Wildman–Crippen MR) is 103 cm³/mol. The molecule has 0 aliphatic carbocycles. The van der Waals surface area contributed by atoms with Crippen LogP contribution in [0.1, 0.15) is 5.01 Å². The highest BCUT2D eigenvalue weighted by molar-refractivity contribution is 7.94. The number of fused-ring (bicyclic) bond motifs is 1. The molecule has 25 heavy (non-hydrogen) atoms. The molecule has 0 radical (unpaired) electrons. The molecule has 0 saturated heterocycles. The van der Waals surface area contributed by atoms with Crippen LogP contribution in [0.3, 0.4) is 0 Å². The molecule has 3 aromatic heterocycles. The van der Waals surface area contributed by atoms with Gasteiger partial charge in [-0.1, -0.05) is 18.2 Å². The first-order valence-corrected chi connectivity index (χ1v) is 10.6. The number of aromatic nitrogens is 2. The summed E-state index contributed by atoms with van der Waals surface area (Å²) in [6.07, 6.45) is 1.65. The highest BCUT2D eigenvalue weighted by atomic mass is 32.2. The molecular formula is C17H13N3O2S3. The first kappa shape index (κ1) is 16.2. The van der Waals surface area contributed by atoms with E-state index in [0.29, 0.717) is 11.2 Å². The highest BCUT2D eigenvalue weighted by Crippen LogP contribution is 2.33. The number of nitrogens with one attached hydrogen (secondary N) is 1. The molecule has 0 amide bonds. The second-order valence-corrected chi connectivity index (χ2v) is 9.41. The first-order chi connectivity index (χ1) is 12.0. The summed E-state index contributed by atoms with van der Waals surface area (Å²) in [7, 11) is -3.68. The molecule has 4 aromatic rings. The average molecular weight is 388 g/mol. The molecule has 8 heteroatoms. The van der Waals surface area contributed by atoms with Crippen LogP contribution >= 0.6 is 22.7 Å². The van der Waals surface area contributed by atoms with Crippen LogP contribution in [0.4, 0.5) is 5.69 Å². The van der Waals surface area contributed by atoms with E-state index in [2.05, 4.69) is 14.7 Å². The average Bonchev–Trinajstić information content (AvgIpc) is 3.24. The van der Waals surface area contributed by atoms with Gasteiger partial charge < -0.3 is 0 Å². The maximum atomic E-state index is 12.7. The van der Waals surface area contributed by atoms with Gasteiger partial charge in [0.05, 0.1) is 26.8 Å². The van der Waals surface area contributed by atoms with E-state index in [1.165, 1.54) is 11.3 Å². The second kappa shape index (κ2) is 6.21. The van der Waals surface area contributed by atoms with Crippen molar-refractivity contribution in [2.45, 2.75) is 11.1 Å². The maximum absolute atomic E-state index is 12.7. The Morgan fingerprint density at radius 3 is 2.72 bits per heavy atom. The van der Waals surface area contributed by atoms with Crippen LogP contribution in [0.5, 0.6) is 0 Å². The number of benzene rings is 1. The number of thiophene rings is 1. The number of aryl methyl sites for hydroxylation is 1. The van der Waals surface area contributed by atoms with E-state index < -0.39 is 10.0 Å². The lowest BCUT2D eigenvalue weighted by Gasteiger charge is -2.08. The molecule has 0 aliphatic heterocycles. The van der Waals surface area contributed by atoms with Crippen molar-refractivity contribution in [2.75, 3.05) is 4.72 Å². The normalized spacial score (nSPS) is 11.7. The molecule has 0 bridgehead atoms. The Labute approximate surface area is 153 Å². The second-order valence-electron chi connectivity index (χ2n) is 5.36. The summed E-state index contributed by atoms with van der Waals surface area (Å²) in [6.45, 7) is 1.93. The third-order valence-electron chi connectivity index (χ3n) is 3.59. The van der Waals surface area contributed by atoms with Crippen molar-refractivity contribution in [3.8, 4) is 10.6 Å². The van der Waals surface area contributed by atoms with Gasteiger partial charge in [0.2, 0.25) is 0 Å². The molecule has 0 aliphatic rings. The monoisotopic (exact) mass is 387 g/mol. The van der Waals surface area contributed by atoms with Crippen molar-refractivity contribution in [2.24, 2.45) is 0 Å². The third-order valence-corrected chi connectivity index (χ3v) is 7.33. The van der Waals surface area contributed by atoms with E-state index in [1.807, 2.05) is 30.5 Å². The molecule has 126 valence electrons. The minimum absolute atomic E-state index is 0.251. The van der Waals surface area contributed by atoms with Gasteiger partial charge in [0, 0.05) is 17.0 Å². The summed E-state index contributed by atoms with van der Waals surface area (Å²) in [5, 5.41) is 3.76. The zero-order valence-corrected chi connectivity index (χ0v) is 15.6. The summed E-state index contributed by atoms with van der Waals surface area (Å²) in [5.74, 6) is 0. The van der Waals surface area contributed by atoms with E-state index >= 15 is 0 Å². The van der Waals surface area contributed by atoms with Crippen LogP contribution in [0, 0.1) is 6.92 Å². The van der Waals surface area contributed by atoms with Crippen LogP contribution < -0.4 is 4.72 Å². The van der Waals surface area contributed by atoms with Crippen molar-refractivity contribution in [1.29, 1.82) is 0 Å². The van der Waals surface area contributed by atoms with Crippen LogP contribution in [0.2, 0.25) is 0 Å². The van der Waals surface area contributed by atoms with Crippen LogP contribution in [0.25, 0.3) is 21.5 Å². The summed E-state index contributed by atoms with van der Waals surface area (Å²) in [5.41, 5.74) is 1.90. The van der Waals surface area contributed by atoms with Crippen molar-refractivity contribution < 1.29 is 8.42 Å². The lowest BCUT2D eigenvalue weighted by atomic mass is 10.2. The van der Waals surface area contributed by atoms with Gasteiger partial charge in [0.25, 0.3) is 10.0 Å². The Morgan fingerprint density at radius 1 is 1.08 bits per heavy atom. The van der Waals surface area contributed by atoms with E-state index in [4.69, 9.17) is 0 Å². The molecule has 0 spiro atoms. The zero-order valence-electron chi connectivity index (χ0n) is 13.1. The van der Waals surface area contributed by atoms with Gasteiger partial charge in [-0.2, -0.15) is 0 Å². The van der Waals surface area contributed by atoms with Crippen LogP contribution in [-0.2, 0) is 10.0 Å². The summed E-state index contributed by atoms with van der Waals surface area (Å²) < 4.78 is 28.4. The topological polar surface area (TPSA) is 72.0 Å². The minimum atomic E-state index is -3.68. The Morgan fingerprint density at radius 2 is 1.92 bits per heavy atom. The molecule has 4 rings (SSSR count). The Bertz CT molecular complexity index is 1160. The van der Waals surface area contributed by atoms with Gasteiger partial charge in [0.1, 0.15) is 4.21 Å². The van der Waals surface area contributed by atoms with E-state index in [0.717, 1.165) is 21.0 Å². The summed E-state index contributed by atoms with van der Waals surface area (Å²) in [6, 6.07) is 12.5. The summed E-state index contributed by atoms with van der Waals surface area (Å²) in [4.78, 5) is 9.52. The maximum Gasteiger partial charge on any atom is 0.271 e. The van der Waals surface area contributed by atoms with Crippen molar-refractivity contribution in [3.63, 3.8) is 0 Å². The highest BCUT2D eigenvalue weighted by Gasteiger charge is 2.19. The number of hydrogen-bond acceptors (Lipinski definition) is 6. The molecule has 1 N–H and O–H groups in total. The number of para-hydroxylation sites is 1. The van der Waals surface area contributed by atoms with Gasteiger partial charge in [-0.05, 0) is 31.2 Å². The smallest absolute Gasteiger partial charge is 0.271 e. The SMILES string of the molecule is Cc1nc(-c2ccc(S(=O)(=O)Nc3cccc4cccnc34)s2)cs1. The summed E-state index contributed by atoms with van der Waals surface area (Å²) >= 11 is 2.75. The zero-order chi connectivity index (χ0) is 17.4. The van der Waals surface area contributed by atoms with Crippen molar-refractivity contribution in [1.82, 2.24) is 9.97 Å².